The van der Waals surface area contributed by atoms with Crippen molar-refractivity contribution >= 4 is 93.3 Å². The molecule has 0 amide bonds. The molecule has 2 aromatic heterocycles. The summed E-state index contributed by atoms with van der Waals surface area (Å²) >= 11 is -0.106. The first-order valence-corrected chi connectivity index (χ1v) is 33.2. The Balaban J connectivity index is 0.000000155. The molecule has 0 saturated carbocycles. The summed E-state index contributed by atoms with van der Waals surface area (Å²) in [6, 6.07) is 74.7. The third-order valence-electron chi connectivity index (χ3n) is 13.2. The zero-order valence-corrected chi connectivity index (χ0v) is 47.9. The Morgan fingerprint density at radius 3 is 1.43 bits per heavy atom. The fourth-order valence-corrected chi connectivity index (χ4v) is 16.1. The van der Waals surface area contributed by atoms with E-state index in [1.807, 2.05) is 36.5 Å². The van der Waals surface area contributed by atoms with Gasteiger partial charge in [0.15, 0.2) is 15.7 Å². The summed E-state index contributed by atoms with van der Waals surface area (Å²) in [5.41, 5.74) is 2.44. The summed E-state index contributed by atoms with van der Waals surface area (Å²) in [5.74, 6) is 1.29. The van der Waals surface area contributed by atoms with Gasteiger partial charge in [-0.05, 0) is 93.4 Å². The summed E-state index contributed by atoms with van der Waals surface area (Å²) in [4.78, 5) is 15.4. The number of fused-ring (bicyclic) bond motifs is 1. The number of morpholine rings is 1. The number of halogens is 2. The number of H-pyrrole nitrogens is 1. The molecule has 2 aliphatic heterocycles. The molecule has 0 aliphatic carbocycles. The van der Waals surface area contributed by atoms with Gasteiger partial charge in [0, 0.05) is 48.5 Å². The number of nitrogens with one attached hydrogen (secondary N) is 1. The van der Waals surface area contributed by atoms with Crippen LogP contribution in [0, 0.1) is 0 Å². The van der Waals surface area contributed by atoms with Crippen LogP contribution in [-0.2, 0) is 40.0 Å². The second-order valence-electron chi connectivity index (χ2n) is 18.2. The van der Waals surface area contributed by atoms with E-state index in [-0.39, 0.29) is 22.0 Å². The minimum atomic E-state index is -3.53. The molecule has 1 atom stereocenters. The molecular weight excluding hydrogens is 1120 g/mol. The van der Waals surface area contributed by atoms with Crippen LogP contribution in [0.1, 0.15) is 39.3 Å². The predicted molar refractivity (Wildman–Crippen MR) is 315 cm³/mol. The van der Waals surface area contributed by atoms with E-state index in [2.05, 4.69) is 199 Å². The normalized spacial score (nSPS) is 15.3. The summed E-state index contributed by atoms with van der Waals surface area (Å²) in [6.07, 6.45) is 2.67. The number of nitrogens with zero attached hydrogens (tertiary/aromatic N) is 3. The number of aromatic amines is 1. The summed E-state index contributed by atoms with van der Waals surface area (Å²) in [7, 11) is 5.21. The molecule has 390 valence electrons. The van der Waals surface area contributed by atoms with Gasteiger partial charge in [-0.25, -0.2) is 18.4 Å². The van der Waals surface area contributed by atoms with E-state index >= 15 is 0 Å². The zero-order valence-electron chi connectivity index (χ0n) is 42.2. The molecule has 11 rings (SSSR count). The summed E-state index contributed by atoms with van der Waals surface area (Å²) in [5, 5.41) is 8.87. The molecule has 1 N–H and O–H groups in total. The number of benzene rings is 7. The standard InChI is InChI=1S/C25H32N4O4S.2C18H15P.2ClH.Pd/c1-17(2)34(30,31)25(8-12-32-13-9-25)22-15-23(29-11-14-33-16-18(29)3)28-24(27-22)20-5-4-6-21-19(20)7-10-26-21;2*1-4-10-16(11-5-1)19(17-12-6-2-7-13-17)18-14-8-3-9-15-18;;;/h4-7,10,15,17-18,26H,8-9,11-14,16H2,1-3H3;2*1-15H;2*1H;/q;;;;;+2/p-2/t18-;;;;;/m1...../s1. The molecule has 0 radical (unpaired) electrons. The minimum Gasteiger partial charge on any atom is -0.0622 e. The van der Waals surface area contributed by atoms with Gasteiger partial charge in [0.2, 0.25) is 0 Å². The molecule has 2 fully saturated rings. The number of ether oxygens (including phenoxy) is 2. The van der Waals surface area contributed by atoms with Gasteiger partial charge >= 0.3 is 35.0 Å². The maximum absolute atomic E-state index is 13.8. The molecule has 0 spiro atoms. The Hall–Kier alpha value is -5.07. The molecule has 9 aromatic rings. The van der Waals surface area contributed by atoms with Gasteiger partial charge in [0.1, 0.15) is 10.6 Å². The van der Waals surface area contributed by atoms with Gasteiger partial charge in [0.25, 0.3) is 0 Å². The smallest absolute Gasteiger partial charge is 0.0134 e. The van der Waals surface area contributed by atoms with Gasteiger partial charge in [0.05, 0.1) is 30.2 Å². The molecule has 4 heterocycles. The van der Waals surface area contributed by atoms with Crippen molar-refractivity contribution in [3.8, 4) is 11.4 Å². The van der Waals surface area contributed by atoms with Gasteiger partial charge in [-0.3, -0.25) is 0 Å². The fourth-order valence-electron chi connectivity index (χ4n) is 9.48. The van der Waals surface area contributed by atoms with Crippen LogP contribution in [0.5, 0.6) is 0 Å². The van der Waals surface area contributed by atoms with Crippen LogP contribution in [0.4, 0.5) is 5.82 Å². The van der Waals surface area contributed by atoms with E-state index in [1.54, 1.807) is 13.8 Å². The average molecular weight is 1190 g/mol. The zero-order chi connectivity index (χ0) is 52.5. The molecule has 2 saturated heterocycles. The van der Waals surface area contributed by atoms with E-state index in [4.69, 9.17) is 38.5 Å². The van der Waals surface area contributed by atoms with Gasteiger partial charge in [-0.1, -0.05) is 194 Å². The second-order valence-corrected chi connectivity index (χ2v) is 27.8. The first kappa shape index (κ1) is 56.1. The molecule has 8 nitrogen and oxygen atoms in total. The monoisotopic (exact) mass is 1180 g/mol. The molecule has 0 unspecified atom stereocenters. The maximum Gasteiger partial charge on any atom is -0.0134 e. The van der Waals surface area contributed by atoms with Crippen LogP contribution >= 0.6 is 34.9 Å². The molecule has 14 heteroatoms. The predicted octanol–water partition coefficient (Wildman–Crippen LogP) is 11.9. The van der Waals surface area contributed by atoms with Crippen LogP contribution in [0.25, 0.3) is 22.3 Å². The van der Waals surface area contributed by atoms with E-state index in [9.17, 15) is 8.42 Å². The number of hydrogen-bond donors (Lipinski definition) is 1. The first-order chi connectivity index (χ1) is 36.6. The Morgan fingerprint density at radius 1 is 0.600 bits per heavy atom. The van der Waals surface area contributed by atoms with Crippen molar-refractivity contribution in [2.45, 2.75) is 49.7 Å². The van der Waals surface area contributed by atoms with Crippen LogP contribution in [-0.4, -0.2) is 67.6 Å². The number of rotatable bonds is 11. The van der Waals surface area contributed by atoms with Gasteiger partial charge < -0.3 is 19.4 Å². The summed E-state index contributed by atoms with van der Waals surface area (Å²) < 4.78 is 37.8. The van der Waals surface area contributed by atoms with Gasteiger partial charge in [-0.15, -0.1) is 0 Å². The van der Waals surface area contributed by atoms with Crippen molar-refractivity contribution in [3.05, 3.63) is 224 Å². The van der Waals surface area contributed by atoms with Crippen LogP contribution in [0.2, 0.25) is 0 Å². The average Bonchev–Trinajstić information content (AvgIpc) is 3.96. The SMILES string of the molecule is CC(C)S(=O)(=O)C1(c2cc(N3CCOC[C@H]3C)nc(-c3cccc4[nH]ccc34)n2)CCOCC1.[Cl][Pd][Cl].c1ccc(P(c2ccccc2)c2ccccc2)cc1.c1ccc(P(c2ccccc2)c2ccccc2)cc1. The van der Waals surface area contributed by atoms with Crippen LogP contribution in [0.3, 0.4) is 0 Å². The van der Waals surface area contributed by atoms with E-state index < -0.39 is 35.7 Å². The molecule has 7 aromatic carbocycles. The Kier molecular flexibility index (Phi) is 20.8. The van der Waals surface area contributed by atoms with Crippen molar-refractivity contribution in [2.75, 3.05) is 37.9 Å². The third kappa shape index (κ3) is 13.9. The van der Waals surface area contributed by atoms with Crippen molar-refractivity contribution in [2.24, 2.45) is 0 Å². The first-order valence-electron chi connectivity index (χ1n) is 25.0. The molecular formula is C61H62Cl2N4O4P2PdS. The van der Waals surface area contributed by atoms with Crippen molar-refractivity contribution in [3.63, 3.8) is 0 Å². The van der Waals surface area contributed by atoms with E-state index in [0.717, 1.165) is 22.3 Å². The molecule has 2 aliphatic rings. The number of anilines is 1. The van der Waals surface area contributed by atoms with Crippen molar-refractivity contribution in [1.29, 1.82) is 0 Å². The third-order valence-corrected chi connectivity index (χ3v) is 21.1. The number of aromatic nitrogens is 3. The minimum absolute atomic E-state index is 0.106. The Morgan fingerprint density at radius 2 is 1.03 bits per heavy atom. The second kappa shape index (κ2) is 27.8. The van der Waals surface area contributed by atoms with Crippen LogP contribution < -0.4 is 36.7 Å². The molecule has 75 heavy (non-hydrogen) atoms. The topological polar surface area (TPSA) is 97.4 Å². The fraction of sp³-hybridized carbons (Fsp3) is 0.213. The maximum atomic E-state index is 13.8. The Bertz CT molecular complexity index is 2930. The quantitative estimate of drug-likeness (QED) is 0.102. The summed E-state index contributed by atoms with van der Waals surface area (Å²) in [6.45, 7) is 8.28. The largest absolute Gasteiger partial charge is 0.0622 e. The molecule has 0 bridgehead atoms. The van der Waals surface area contributed by atoms with Crippen molar-refractivity contribution in [1.82, 2.24) is 15.0 Å². The van der Waals surface area contributed by atoms with Crippen molar-refractivity contribution < 1.29 is 33.8 Å². The Labute approximate surface area is 461 Å². The van der Waals surface area contributed by atoms with E-state index in [1.165, 1.54) is 31.8 Å². The number of sulfone groups is 1. The van der Waals surface area contributed by atoms with Crippen LogP contribution in [0.15, 0.2) is 219 Å². The van der Waals surface area contributed by atoms with Gasteiger partial charge in [-0.2, -0.15) is 0 Å². The van der Waals surface area contributed by atoms with E-state index in [0.29, 0.717) is 57.3 Å². The number of hydrogen-bond acceptors (Lipinski definition) is 7.